The monoisotopic (exact) mass is 284 g/mol. The summed E-state index contributed by atoms with van der Waals surface area (Å²) in [6, 6.07) is 10.4. The zero-order valence-corrected chi connectivity index (χ0v) is 10.6. The third-order valence-electron chi connectivity index (χ3n) is 2.98. The quantitative estimate of drug-likeness (QED) is 0.747. The van der Waals surface area contributed by atoms with Gasteiger partial charge >= 0.3 is 11.8 Å². The van der Waals surface area contributed by atoms with E-state index in [1.807, 2.05) is 0 Å². The molecule has 2 aromatic rings. The second-order valence-electron chi connectivity index (χ2n) is 4.24. The van der Waals surface area contributed by atoms with Crippen molar-refractivity contribution in [3.05, 3.63) is 65.7 Å². The molecule has 0 fully saturated rings. The molecule has 0 aliphatic rings. The molecule has 1 nitrogen and oxygen atoms in total. The molecule has 5 heteroatoms. The van der Waals surface area contributed by atoms with Crippen LogP contribution in [0.2, 0.25) is 0 Å². The molecule has 0 saturated heterocycles. The van der Waals surface area contributed by atoms with E-state index < -0.39 is 23.0 Å². The maximum Gasteiger partial charge on any atom is 0.339 e. The number of alkyl halides is 4. The molecule has 0 N–H and O–H groups in total. The molecule has 0 atom stereocenters. The predicted molar refractivity (Wildman–Crippen MR) is 67.2 cm³/mol. The molecule has 2 rings (SSSR count). The lowest BCUT2D eigenvalue weighted by atomic mass is 9.96. The van der Waals surface area contributed by atoms with Gasteiger partial charge in [0.05, 0.1) is 7.11 Å². The maximum absolute atomic E-state index is 14.1. The molecule has 0 bridgehead atoms. The van der Waals surface area contributed by atoms with Gasteiger partial charge in [-0.25, -0.2) is 0 Å². The Morgan fingerprint density at radius 2 is 1.15 bits per heavy atom. The van der Waals surface area contributed by atoms with Gasteiger partial charge in [-0.2, -0.15) is 17.6 Å². The molecule has 0 aliphatic heterocycles. The Hall–Kier alpha value is -2.04. The van der Waals surface area contributed by atoms with Crippen molar-refractivity contribution in [2.45, 2.75) is 11.8 Å². The second-order valence-corrected chi connectivity index (χ2v) is 4.24. The van der Waals surface area contributed by atoms with E-state index >= 15 is 0 Å². The zero-order chi connectivity index (χ0) is 14.8. The highest BCUT2D eigenvalue weighted by Gasteiger charge is 2.58. The molecule has 0 unspecified atom stereocenters. The minimum Gasteiger partial charge on any atom is -0.497 e. The van der Waals surface area contributed by atoms with Gasteiger partial charge in [-0.15, -0.1) is 0 Å². The van der Waals surface area contributed by atoms with Crippen LogP contribution < -0.4 is 4.74 Å². The third kappa shape index (κ3) is 2.35. The van der Waals surface area contributed by atoms with Crippen molar-refractivity contribution in [2.75, 3.05) is 7.11 Å². The van der Waals surface area contributed by atoms with Crippen molar-refractivity contribution in [1.82, 2.24) is 0 Å². The molecular formula is C15H12F4O. The SMILES string of the molecule is COc1ccc(C(F)(F)C(F)(F)c2ccccc2)cc1. The summed E-state index contributed by atoms with van der Waals surface area (Å²) < 4.78 is 61.0. The fourth-order valence-corrected chi connectivity index (χ4v) is 1.81. The molecule has 0 amide bonds. The minimum atomic E-state index is -4.30. The van der Waals surface area contributed by atoms with Crippen LogP contribution in [0.15, 0.2) is 54.6 Å². The van der Waals surface area contributed by atoms with Crippen LogP contribution in [0.3, 0.4) is 0 Å². The second kappa shape index (κ2) is 5.15. The van der Waals surface area contributed by atoms with Gasteiger partial charge in [0.2, 0.25) is 0 Å². The third-order valence-corrected chi connectivity index (χ3v) is 2.98. The summed E-state index contributed by atoms with van der Waals surface area (Å²) in [5, 5.41) is 0. The molecule has 0 heterocycles. The van der Waals surface area contributed by atoms with Crippen LogP contribution in [0.25, 0.3) is 0 Å². The summed E-state index contributed by atoms with van der Waals surface area (Å²) in [6.07, 6.45) is 0. The fraction of sp³-hybridized carbons (Fsp3) is 0.200. The summed E-state index contributed by atoms with van der Waals surface area (Å²) in [5.74, 6) is -8.27. The van der Waals surface area contributed by atoms with Gasteiger partial charge in [-0.05, 0) is 24.3 Å². The van der Waals surface area contributed by atoms with E-state index in [1.54, 1.807) is 0 Å². The first kappa shape index (κ1) is 14.4. The Bertz CT molecular complexity index is 564. The normalized spacial score (nSPS) is 12.2. The zero-order valence-electron chi connectivity index (χ0n) is 10.6. The van der Waals surface area contributed by atoms with Gasteiger partial charge in [-0.3, -0.25) is 0 Å². The summed E-state index contributed by atoms with van der Waals surface area (Å²) in [4.78, 5) is 0. The molecule has 0 aliphatic carbocycles. The summed E-state index contributed by atoms with van der Waals surface area (Å²) in [7, 11) is 1.37. The van der Waals surface area contributed by atoms with E-state index in [2.05, 4.69) is 0 Å². The lowest BCUT2D eigenvalue weighted by molar-refractivity contribution is -0.223. The molecule has 0 aromatic heterocycles. The van der Waals surface area contributed by atoms with Crippen LogP contribution in [0.1, 0.15) is 11.1 Å². The van der Waals surface area contributed by atoms with Crippen molar-refractivity contribution < 1.29 is 22.3 Å². The average Bonchev–Trinajstić information content (AvgIpc) is 2.48. The topological polar surface area (TPSA) is 9.23 Å². The predicted octanol–water partition coefficient (Wildman–Crippen LogP) is 4.58. The Labute approximate surface area is 113 Å². The number of methoxy groups -OCH3 is 1. The Morgan fingerprint density at radius 3 is 1.60 bits per heavy atom. The Morgan fingerprint density at radius 1 is 0.700 bits per heavy atom. The van der Waals surface area contributed by atoms with Crippen molar-refractivity contribution in [1.29, 1.82) is 0 Å². The highest BCUT2D eigenvalue weighted by molar-refractivity contribution is 5.33. The standard InChI is InChI=1S/C15H12F4O/c1-20-13-9-7-12(8-10-13)15(18,19)14(16,17)11-5-3-2-4-6-11/h2-10H,1H3. The summed E-state index contributed by atoms with van der Waals surface area (Å²) in [5.41, 5.74) is -1.48. The number of ether oxygens (including phenoxy) is 1. The van der Waals surface area contributed by atoms with Crippen LogP contribution >= 0.6 is 0 Å². The molecule has 0 spiro atoms. The largest absolute Gasteiger partial charge is 0.497 e. The molecule has 0 radical (unpaired) electrons. The molecule has 20 heavy (non-hydrogen) atoms. The van der Waals surface area contributed by atoms with Crippen LogP contribution in [-0.4, -0.2) is 7.11 Å². The lowest BCUT2D eigenvalue weighted by Gasteiger charge is -2.27. The van der Waals surface area contributed by atoms with E-state index in [4.69, 9.17) is 4.74 Å². The van der Waals surface area contributed by atoms with E-state index in [1.165, 1.54) is 37.4 Å². The summed E-state index contributed by atoms with van der Waals surface area (Å²) >= 11 is 0. The van der Waals surface area contributed by atoms with Gasteiger partial charge < -0.3 is 4.74 Å². The van der Waals surface area contributed by atoms with Gasteiger partial charge in [0, 0.05) is 11.1 Å². The van der Waals surface area contributed by atoms with E-state index in [0.717, 1.165) is 24.3 Å². The number of hydrogen-bond acceptors (Lipinski definition) is 1. The van der Waals surface area contributed by atoms with Gasteiger partial charge in [0.25, 0.3) is 0 Å². The molecule has 2 aromatic carbocycles. The van der Waals surface area contributed by atoms with Crippen molar-refractivity contribution in [3.63, 3.8) is 0 Å². The first-order valence-corrected chi connectivity index (χ1v) is 5.85. The molecule has 0 saturated carbocycles. The van der Waals surface area contributed by atoms with Gasteiger partial charge in [-0.1, -0.05) is 30.3 Å². The van der Waals surface area contributed by atoms with Crippen molar-refractivity contribution in [2.24, 2.45) is 0 Å². The minimum absolute atomic E-state index is 0.326. The highest BCUT2D eigenvalue weighted by atomic mass is 19.3. The average molecular weight is 284 g/mol. The number of halogens is 4. The van der Waals surface area contributed by atoms with Crippen LogP contribution in [0, 0.1) is 0 Å². The number of rotatable bonds is 4. The van der Waals surface area contributed by atoms with E-state index in [-0.39, 0.29) is 0 Å². The van der Waals surface area contributed by atoms with Crippen molar-refractivity contribution in [3.8, 4) is 5.75 Å². The van der Waals surface area contributed by atoms with Crippen molar-refractivity contribution >= 4 is 0 Å². The Balaban J connectivity index is 2.42. The molecule has 106 valence electrons. The fourth-order valence-electron chi connectivity index (χ4n) is 1.81. The first-order chi connectivity index (χ1) is 9.39. The number of hydrogen-bond donors (Lipinski definition) is 0. The van der Waals surface area contributed by atoms with Crippen LogP contribution in [-0.2, 0) is 11.8 Å². The number of benzene rings is 2. The molecular weight excluding hydrogens is 272 g/mol. The summed E-state index contributed by atoms with van der Waals surface area (Å²) in [6.45, 7) is 0. The maximum atomic E-state index is 14.1. The van der Waals surface area contributed by atoms with Crippen LogP contribution in [0.5, 0.6) is 5.75 Å². The van der Waals surface area contributed by atoms with E-state index in [9.17, 15) is 17.6 Å². The van der Waals surface area contributed by atoms with Crippen LogP contribution in [0.4, 0.5) is 17.6 Å². The van der Waals surface area contributed by atoms with Gasteiger partial charge in [0.15, 0.2) is 0 Å². The lowest BCUT2D eigenvalue weighted by Crippen LogP contribution is -2.35. The smallest absolute Gasteiger partial charge is 0.339 e. The highest BCUT2D eigenvalue weighted by Crippen LogP contribution is 2.49. The Kier molecular flexibility index (Phi) is 3.70. The first-order valence-electron chi connectivity index (χ1n) is 5.85. The van der Waals surface area contributed by atoms with Gasteiger partial charge in [0.1, 0.15) is 5.75 Å². The van der Waals surface area contributed by atoms with E-state index in [0.29, 0.717) is 5.75 Å².